The van der Waals surface area contributed by atoms with Gasteiger partial charge in [0, 0.05) is 36.2 Å². The molecule has 0 saturated carbocycles. The summed E-state index contributed by atoms with van der Waals surface area (Å²) in [5.41, 5.74) is 5.72. The number of halogens is 1. The largest absolute Gasteiger partial charge is 0.486 e. The van der Waals surface area contributed by atoms with Gasteiger partial charge < -0.3 is 20.1 Å². The normalized spacial score (nSPS) is 19.3. The third kappa shape index (κ3) is 4.46. The molecule has 2 aliphatic heterocycles. The maximum atomic E-state index is 12.2. The van der Waals surface area contributed by atoms with Crippen LogP contribution in [0.1, 0.15) is 19.3 Å². The minimum atomic E-state index is 0. The standard InChI is InChI=1S/C16H22N2O3S.ClH/c17-11-12-2-1-6-18(12)16(19)5-9-22-13-3-4-14-15(10-13)21-8-7-20-14;/h3-4,10,12H,1-2,5-9,11,17H2;1H. The monoisotopic (exact) mass is 358 g/mol. The Labute approximate surface area is 147 Å². The molecule has 0 aromatic heterocycles. The molecule has 1 saturated heterocycles. The first-order valence-corrected chi connectivity index (χ1v) is 8.78. The van der Waals surface area contributed by atoms with Gasteiger partial charge in [-0.05, 0) is 31.0 Å². The second-order valence-electron chi connectivity index (χ2n) is 5.52. The van der Waals surface area contributed by atoms with Crippen LogP contribution in [0.2, 0.25) is 0 Å². The Morgan fingerprint density at radius 1 is 1.30 bits per heavy atom. The van der Waals surface area contributed by atoms with E-state index < -0.39 is 0 Å². The van der Waals surface area contributed by atoms with E-state index in [4.69, 9.17) is 15.2 Å². The summed E-state index contributed by atoms with van der Waals surface area (Å²) in [6.45, 7) is 2.62. The lowest BCUT2D eigenvalue weighted by Crippen LogP contribution is -2.40. The number of carbonyl (C=O) groups excluding carboxylic acids is 1. The van der Waals surface area contributed by atoms with Gasteiger partial charge >= 0.3 is 0 Å². The number of fused-ring (bicyclic) bond motifs is 1. The molecule has 0 spiro atoms. The Balaban J connectivity index is 0.00000192. The second kappa shape index (κ2) is 8.66. The maximum absolute atomic E-state index is 12.2. The van der Waals surface area contributed by atoms with E-state index in [2.05, 4.69) is 0 Å². The Morgan fingerprint density at radius 3 is 2.87 bits per heavy atom. The summed E-state index contributed by atoms with van der Waals surface area (Å²) in [5, 5.41) is 0. The number of nitrogens with zero attached hydrogens (tertiary/aromatic N) is 1. The van der Waals surface area contributed by atoms with Crippen LogP contribution in [0.5, 0.6) is 11.5 Å². The third-order valence-corrected chi connectivity index (χ3v) is 5.06. The quantitative estimate of drug-likeness (QED) is 0.818. The topological polar surface area (TPSA) is 64.8 Å². The lowest BCUT2D eigenvalue weighted by molar-refractivity contribution is -0.131. The average molecular weight is 359 g/mol. The number of ether oxygens (including phenoxy) is 2. The molecule has 1 aromatic carbocycles. The molecule has 2 N–H and O–H groups in total. The first kappa shape index (κ1) is 18.2. The number of benzene rings is 1. The molecule has 1 fully saturated rings. The first-order valence-electron chi connectivity index (χ1n) is 7.80. The van der Waals surface area contributed by atoms with Crippen molar-refractivity contribution in [1.82, 2.24) is 4.90 Å². The van der Waals surface area contributed by atoms with Gasteiger partial charge in [0.2, 0.25) is 5.91 Å². The van der Waals surface area contributed by atoms with Crippen molar-refractivity contribution in [2.75, 3.05) is 32.1 Å². The number of carbonyl (C=O) groups is 1. The molecule has 5 nitrogen and oxygen atoms in total. The summed E-state index contributed by atoms with van der Waals surface area (Å²) in [6, 6.07) is 6.18. The summed E-state index contributed by atoms with van der Waals surface area (Å²) in [5.74, 6) is 2.59. The minimum Gasteiger partial charge on any atom is -0.486 e. The summed E-state index contributed by atoms with van der Waals surface area (Å²) >= 11 is 1.67. The van der Waals surface area contributed by atoms with Crippen molar-refractivity contribution in [3.63, 3.8) is 0 Å². The van der Waals surface area contributed by atoms with Gasteiger partial charge in [-0.15, -0.1) is 24.2 Å². The molecule has 7 heteroatoms. The predicted molar refractivity (Wildman–Crippen MR) is 93.8 cm³/mol. The summed E-state index contributed by atoms with van der Waals surface area (Å²) in [4.78, 5) is 15.3. The zero-order valence-corrected chi connectivity index (χ0v) is 14.7. The number of nitrogens with two attached hydrogens (primary N) is 1. The zero-order valence-electron chi connectivity index (χ0n) is 13.0. The summed E-state index contributed by atoms with van der Waals surface area (Å²) in [6.07, 6.45) is 2.66. The number of amides is 1. The fourth-order valence-corrected chi connectivity index (χ4v) is 3.79. The van der Waals surface area contributed by atoms with Crippen molar-refractivity contribution in [2.24, 2.45) is 5.73 Å². The highest BCUT2D eigenvalue weighted by Crippen LogP contribution is 2.34. The van der Waals surface area contributed by atoms with E-state index in [-0.39, 0.29) is 24.4 Å². The fraction of sp³-hybridized carbons (Fsp3) is 0.562. The van der Waals surface area contributed by atoms with E-state index in [0.717, 1.165) is 41.5 Å². The molecular formula is C16H23ClN2O3S. The van der Waals surface area contributed by atoms with E-state index in [9.17, 15) is 4.79 Å². The van der Waals surface area contributed by atoms with Crippen LogP contribution in [-0.4, -0.2) is 48.9 Å². The van der Waals surface area contributed by atoms with Gasteiger partial charge in [0.25, 0.3) is 0 Å². The lowest BCUT2D eigenvalue weighted by atomic mass is 10.2. The van der Waals surface area contributed by atoms with E-state index in [1.165, 1.54) is 0 Å². The molecule has 2 heterocycles. The maximum Gasteiger partial charge on any atom is 0.223 e. The number of likely N-dealkylation sites (tertiary alicyclic amines) is 1. The average Bonchev–Trinajstić information content (AvgIpc) is 3.03. The van der Waals surface area contributed by atoms with E-state index in [1.54, 1.807) is 11.8 Å². The van der Waals surface area contributed by atoms with Crippen LogP contribution in [-0.2, 0) is 4.79 Å². The number of hydrogen-bond donors (Lipinski definition) is 1. The third-order valence-electron chi connectivity index (χ3n) is 4.07. The van der Waals surface area contributed by atoms with Gasteiger partial charge in [0.05, 0.1) is 0 Å². The van der Waals surface area contributed by atoms with Crippen LogP contribution >= 0.6 is 24.2 Å². The van der Waals surface area contributed by atoms with Gasteiger partial charge in [-0.25, -0.2) is 0 Å². The van der Waals surface area contributed by atoms with Crippen molar-refractivity contribution in [2.45, 2.75) is 30.2 Å². The van der Waals surface area contributed by atoms with E-state index in [0.29, 0.717) is 26.2 Å². The highest BCUT2D eigenvalue weighted by molar-refractivity contribution is 7.99. The molecule has 1 aromatic rings. The van der Waals surface area contributed by atoms with Crippen LogP contribution in [0.4, 0.5) is 0 Å². The van der Waals surface area contributed by atoms with E-state index in [1.807, 2.05) is 23.1 Å². The molecule has 0 radical (unpaired) electrons. The van der Waals surface area contributed by atoms with Gasteiger partial charge in [-0.3, -0.25) is 4.79 Å². The number of thioether (sulfide) groups is 1. The molecule has 0 bridgehead atoms. The van der Waals surface area contributed by atoms with Crippen molar-refractivity contribution >= 4 is 30.1 Å². The van der Waals surface area contributed by atoms with Gasteiger partial charge in [-0.2, -0.15) is 0 Å². The van der Waals surface area contributed by atoms with Crippen LogP contribution in [0.3, 0.4) is 0 Å². The molecular weight excluding hydrogens is 336 g/mol. The molecule has 0 aliphatic carbocycles. The Kier molecular flexibility index (Phi) is 6.87. The number of hydrogen-bond acceptors (Lipinski definition) is 5. The molecule has 128 valence electrons. The van der Waals surface area contributed by atoms with Crippen LogP contribution in [0.15, 0.2) is 23.1 Å². The highest BCUT2D eigenvalue weighted by atomic mass is 35.5. The lowest BCUT2D eigenvalue weighted by Gasteiger charge is -2.23. The number of rotatable bonds is 5. The summed E-state index contributed by atoms with van der Waals surface area (Å²) < 4.78 is 11.1. The summed E-state index contributed by atoms with van der Waals surface area (Å²) in [7, 11) is 0. The molecule has 3 rings (SSSR count). The van der Waals surface area contributed by atoms with Gasteiger partial charge in [-0.1, -0.05) is 0 Å². The van der Waals surface area contributed by atoms with Crippen LogP contribution in [0, 0.1) is 0 Å². The molecule has 1 amide bonds. The van der Waals surface area contributed by atoms with Gasteiger partial charge in [0.15, 0.2) is 11.5 Å². The minimum absolute atomic E-state index is 0. The van der Waals surface area contributed by atoms with Crippen molar-refractivity contribution in [1.29, 1.82) is 0 Å². The van der Waals surface area contributed by atoms with Gasteiger partial charge in [0.1, 0.15) is 13.2 Å². The Bertz CT molecular complexity index is 544. The zero-order chi connectivity index (χ0) is 15.4. The van der Waals surface area contributed by atoms with Crippen molar-refractivity contribution < 1.29 is 14.3 Å². The van der Waals surface area contributed by atoms with Crippen molar-refractivity contribution in [3.8, 4) is 11.5 Å². The smallest absolute Gasteiger partial charge is 0.223 e. The fourth-order valence-electron chi connectivity index (χ4n) is 2.92. The first-order chi connectivity index (χ1) is 10.8. The highest BCUT2D eigenvalue weighted by Gasteiger charge is 2.26. The molecule has 1 unspecified atom stereocenters. The second-order valence-corrected chi connectivity index (χ2v) is 6.69. The van der Waals surface area contributed by atoms with E-state index >= 15 is 0 Å². The predicted octanol–water partition coefficient (Wildman–Crippen LogP) is 2.31. The van der Waals surface area contributed by atoms with Crippen molar-refractivity contribution in [3.05, 3.63) is 18.2 Å². The Morgan fingerprint density at radius 2 is 2.09 bits per heavy atom. The Hall–Kier alpha value is -1.11. The SMILES string of the molecule is Cl.NCC1CCCN1C(=O)CCSc1ccc2c(c1)OCCO2. The molecule has 1 atom stereocenters. The van der Waals surface area contributed by atoms with Crippen LogP contribution in [0.25, 0.3) is 0 Å². The molecule has 23 heavy (non-hydrogen) atoms. The van der Waals surface area contributed by atoms with Crippen LogP contribution < -0.4 is 15.2 Å². The molecule has 2 aliphatic rings.